The van der Waals surface area contributed by atoms with Gasteiger partial charge < -0.3 is 10.1 Å². The summed E-state index contributed by atoms with van der Waals surface area (Å²) in [5.74, 6) is 0.217. The van der Waals surface area contributed by atoms with Gasteiger partial charge in [0.2, 0.25) is 10.0 Å². The third-order valence-electron chi connectivity index (χ3n) is 2.54. The minimum Gasteiger partial charge on any atom is -0.380 e. The Balaban J connectivity index is 2.13. The highest BCUT2D eigenvalue weighted by Gasteiger charge is 2.21. The lowest BCUT2D eigenvalue weighted by atomic mass is 10.3. The van der Waals surface area contributed by atoms with Crippen LogP contribution in [0.2, 0.25) is 0 Å². The van der Waals surface area contributed by atoms with Crippen molar-refractivity contribution in [2.75, 3.05) is 32.1 Å². The van der Waals surface area contributed by atoms with E-state index in [1.165, 1.54) is 0 Å². The zero-order valence-corrected chi connectivity index (χ0v) is 10.7. The van der Waals surface area contributed by atoms with Crippen LogP contribution in [0.5, 0.6) is 0 Å². The Bertz CT molecular complexity index is 274. The molecule has 0 aromatic carbocycles. The lowest BCUT2D eigenvalue weighted by molar-refractivity contribution is 0.192. The molecule has 1 heterocycles. The van der Waals surface area contributed by atoms with Gasteiger partial charge in [-0.05, 0) is 32.4 Å². The molecule has 2 N–H and O–H groups in total. The molecule has 0 amide bonds. The van der Waals surface area contributed by atoms with E-state index >= 15 is 0 Å². The van der Waals surface area contributed by atoms with Gasteiger partial charge >= 0.3 is 0 Å². The molecule has 1 rings (SSSR count). The summed E-state index contributed by atoms with van der Waals surface area (Å²) in [6, 6.07) is -0.0150. The second-order valence-corrected chi connectivity index (χ2v) is 5.93. The summed E-state index contributed by atoms with van der Waals surface area (Å²) in [6.45, 7) is 5.03. The fraction of sp³-hybridized carbons (Fsp3) is 1.00. The molecule has 96 valence electrons. The number of unbranched alkanes of at least 4 members (excludes halogenated alkanes) is 1. The summed E-state index contributed by atoms with van der Waals surface area (Å²) in [4.78, 5) is 0. The van der Waals surface area contributed by atoms with Gasteiger partial charge in [0, 0.05) is 12.6 Å². The molecule has 16 heavy (non-hydrogen) atoms. The normalized spacial score (nSPS) is 21.4. The van der Waals surface area contributed by atoms with Crippen molar-refractivity contribution in [1.82, 2.24) is 10.0 Å². The fourth-order valence-corrected chi connectivity index (χ4v) is 3.05. The predicted octanol–water partition coefficient (Wildman–Crippen LogP) is 0.0844. The van der Waals surface area contributed by atoms with E-state index in [-0.39, 0.29) is 11.8 Å². The molecule has 0 spiro atoms. The number of hydrogen-bond donors (Lipinski definition) is 2. The van der Waals surface area contributed by atoms with E-state index in [1.54, 1.807) is 0 Å². The Labute approximate surface area is 98.0 Å². The monoisotopic (exact) mass is 250 g/mol. The van der Waals surface area contributed by atoms with Crippen molar-refractivity contribution in [2.45, 2.75) is 32.2 Å². The Morgan fingerprint density at radius 3 is 2.81 bits per heavy atom. The summed E-state index contributed by atoms with van der Waals surface area (Å²) in [5, 5.41) is 3.17. The Morgan fingerprint density at radius 2 is 2.19 bits per heavy atom. The van der Waals surface area contributed by atoms with Crippen LogP contribution in [0, 0.1) is 0 Å². The molecule has 1 fully saturated rings. The van der Waals surface area contributed by atoms with E-state index in [1.807, 2.05) is 6.92 Å². The number of ether oxygens (including phenoxy) is 1. The third-order valence-corrected chi connectivity index (χ3v) is 4.06. The number of sulfonamides is 1. The molecule has 1 aliphatic heterocycles. The minimum atomic E-state index is -3.11. The molecule has 1 atom stereocenters. The molecular weight excluding hydrogens is 228 g/mol. The smallest absolute Gasteiger partial charge is 0.211 e. The maximum atomic E-state index is 11.6. The Hall–Kier alpha value is -0.170. The van der Waals surface area contributed by atoms with E-state index in [0.717, 1.165) is 25.9 Å². The summed E-state index contributed by atoms with van der Waals surface area (Å²) in [5.41, 5.74) is 0. The first-order chi connectivity index (χ1) is 7.64. The first kappa shape index (κ1) is 13.9. The van der Waals surface area contributed by atoms with Gasteiger partial charge in [0.15, 0.2) is 0 Å². The van der Waals surface area contributed by atoms with E-state index in [0.29, 0.717) is 19.6 Å². The molecule has 1 aliphatic rings. The topological polar surface area (TPSA) is 67.4 Å². The van der Waals surface area contributed by atoms with Crippen LogP contribution in [0.3, 0.4) is 0 Å². The zero-order valence-electron chi connectivity index (χ0n) is 9.87. The summed E-state index contributed by atoms with van der Waals surface area (Å²) in [7, 11) is -3.11. The van der Waals surface area contributed by atoms with Crippen LogP contribution in [0.4, 0.5) is 0 Å². The third kappa shape index (κ3) is 5.79. The van der Waals surface area contributed by atoms with Crippen molar-refractivity contribution in [3.63, 3.8) is 0 Å². The number of nitrogens with one attached hydrogen (secondary N) is 2. The van der Waals surface area contributed by atoms with Crippen LogP contribution in [0.1, 0.15) is 26.2 Å². The van der Waals surface area contributed by atoms with Crippen molar-refractivity contribution in [3.05, 3.63) is 0 Å². The van der Waals surface area contributed by atoms with Gasteiger partial charge in [0.1, 0.15) is 0 Å². The average molecular weight is 250 g/mol. The first-order valence-corrected chi connectivity index (χ1v) is 7.58. The maximum Gasteiger partial charge on any atom is 0.211 e. The van der Waals surface area contributed by atoms with E-state index in [9.17, 15) is 8.42 Å². The second-order valence-electron chi connectivity index (χ2n) is 4.06. The summed E-state index contributed by atoms with van der Waals surface area (Å²) in [6.07, 6.45) is 2.39. The van der Waals surface area contributed by atoms with Crippen LogP contribution >= 0.6 is 0 Å². The molecule has 0 aliphatic carbocycles. The van der Waals surface area contributed by atoms with Crippen molar-refractivity contribution in [1.29, 1.82) is 0 Å². The van der Waals surface area contributed by atoms with Crippen LogP contribution in [0.15, 0.2) is 0 Å². The van der Waals surface area contributed by atoms with E-state index in [2.05, 4.69) is 10.0 Å². The lowest BCUT2D eigenvalue weighted by Crippen LogP contribution is -2.36. The maximum absolute atomic E-state index is 11.6. The highest BCUT2D eigenvalue weighted by Crippen LogP contribution is 2.05. The van der Waals surface area contributed by atoms with Gasteiger partial charge in [-0.3, -0.25) is 0 Å². The molecule has 0 bridgehead atoms. The largest absolute Gasteiger partial charge is 0.380 e. The molecule has 6 heteroatoms. The van der Waals surface area contributed by atoms with Crippen molar-refractivity contribution >= 4 is 10.0 Å². The fourth-order valence-electron chi connectivity index (χ4n) is 1.66. The molecule has 0 saturated carbocycles. The van der Waals surface area contributed by atoms with E-state index in [4.69, 9.17) is 4.74 Å². The average Bonchev–Trinajstić information content (AvgIpc) is 2.69. The SMILES string of the molecule is CCNCCCCS(=O)(=O)NC1CCOC1. The van der Waals surface area contributed by atoms with Crippen molar-refractivity contribution in [3.8, 4) is 0 Å². The molecule has 0 aromatic rings. The quantitative estimate of drug-likeness (QED) is 0.599. The first-order valence-electron chi connectivity index (χ1n) is 5.92. The van der Waals surface area contributed by atoms with Crippen molar-refractivity contribution < 1.29 is 13.2 Å². The highest BCUT2D eigenvalue weighted by atomic mass is 32.2. The van der Waals surface area contributed by atoms with Gasteiger partial charge in [-0.2, -0.15) is 0 Å². The molecule has 1 unspecified atom stereocenters. The van der Waals surface area contributed by atoms with Gasteiger partial charge in [0.05, 0.1) is 12.4 Å². The summed E-state index contributed by atoms with van der Waals surface area (Å²) >= 11 is 0. The van der Waals surface area contributed by atoms with Gasteiger partial charge in [-0.1, -0.05) is 6.92 Å². The standard InChI is InChI=1S/C10H22N2O3S/c1-2-11-6-3-4-8-16(13,14)12-10-5-7-15-9-10/h10-12H,2-9H2,1H3. The highest BCUT2D eigenvalue weighted by molar-refractivity contribution is 7.89. The molecule has 0 radical (unpaired) electrons. The number of rotatable bonds is 8. The molecular formula is C10H22N2O3S. The van der Waals surface area contributed by atoms with Crippen LogP contribution in [0.25, 0.3) is 0 Å². The minimum absolute atomic E-state index is 0.0150. The van der Waals surface area contributed by atoms with Crippen LogP contribution < -0.4 is 10.0 Å². The summed E-state index contributed by atoms with van der Waals surface area (Å²) < 4.78 is 31.1. The zero-order chi connectivity index (χ0) is 11.9. The van der Waals surface area contributed by atoms with Gasteiger partial charge in [-0.15, -0.1) is 0 Å². The Kier molecular flexibility index (Phi) is 6.26. The molecule has 5 nitrogen and oxygen atoms in total. The van der Waals surface area contributed by atoms with E-state index < -0.39 is 10.0 Å². The lowest BCUT2D eigenvalue weighted by Gasteiger charge is -2.11. The van der Waals surface area contributed by atoms with Gasteiger partial charge in [0.25, 0.3) is 0 Å². The Morgan fingerprint density at radius 1 is 1.38 bits per heavy atom. The van der Waals surface area contributed by atoms with Crippen LogP contribution in [-0.2, 0) is 14.8 Å². The predicted molar refractivity (Wildman–Crippen MR) is 63.9 cm³/mol. The number of hydrogen-bond acceptors (Lipinski definition) is 4. The van der Waals surface area contributed by atoms with Crippen LogP contribution in [-0.4, -0.2) is 46.5 Å². The van der Waals surface area contributed by atoms with Crippen molar-refractivity contribution in [2.24, 2.45) is 0 Å². The molecule has 1 saturated heterocycles. The second kappa shape index (κ2) is 7.21. The van der Waals surface area contributed by atoms with Gasteiger partial charge in [-0.25, -0.2) is 13.1 Å². The molecule has 0 aromatic heterocycles.